The highest BCUT2D eigenvalue weighted by atomic mass is 35.5. The molecule has 0 bridgehead atoms. The van der Waals surface area contributed by atoms with E-state index in [0.29, 0.717) is 27.4 Å². The lowest BCUT2D eigenvalue weighted by Gasteiger charge is -2.08. The van der Waals surface area contributed by atoms with E-state index in [4.69, 9.17) is 23.2 Å². The summed E-state index contributed by atoms with van der Waals surface area (Å²) in [6, 6.07) is 8.87. The Hall–Kier alpha value is -1.80. The van der Waals surface area contributed by atoms with Gasteiger partial charge in [0.1, 0.15) is 0 Å². The molecule has 5 nitrogen and oxygen atoms in total. The average molecular weight is 425 g/mol. The molecule has 0 aliphatic rings. The maximum Gasteiger partial charge on any atom is 0.234 e. The van der Waals surface area contributed by atoms with Crippen molar-refractivity contribution in [1.82, 2.24) is 14.8 Å². The fraction of sp³-hybridized carbons (Fsp3) is 0.118. The van der Waals surface area contributed by atoms with Crippen LogP contribution in [-0.2, 0) is 11.3 Å². The molecule has 0 aliphatic heterocycles. The first-order valence-electron chi connectivity index (χ1n) is 7.54. The Morgan fingerprint density at radius 3 is 2.88 bits per heavy atom. The van der Waals surface area contributed by atoms with E-state index < -0.39 is 0 Å². The molecule has 0 saturated carbocycles. The number of carbonyl (C=O) groups excluding carboxylic acids is 1. The molecule has 0 atom stereocenters. The molecule has 0 radical (unpaired) electrons. The van der Waals surface area contributed by atoms with Gasteiger partial charge < -0.3 is 5.32 Å². The normalized spacial score (nSPS) is 10.7. The van der Waals surface area contributed by atoms with E-state index in [0.717, 1.165) is 10.7 Å². The highest BCUT2D eigenvalue weighted by molar-refractivity contribution is 7.99. The quantitative estimate of drug-likeness (QED) is 0.416. The second-order valence-electron chi connectivity index (χ2n) is 5.14. The van der Waals surface area contributed by atoms with Gasteiger partial charge in [-0.25, -0.2) is 0 Å². The third kappa shape index (κ3) is 4.48. The number of carbonyl (C=O) groups is 1. The van der Waals surface area contributed by atoms with Gasteiger partial charge in [-0.1, -0.05) is 47.1 Å². The topological polar surface area (TPSA) is 59.8 Å². The maximum absolute atomic E-state index is 12.2. The van der Waals surface area contributed by atoms with Crippen molar-refractivity contribution in [2.75, 3.05) is 11.1 Å². The minimum absolute atomic E-state index is 0.179. The number of thioether (sulfide) groups is 1. The molecule has 1 aromatic carbocycles. The Labute approximate surface area is 169 Å². The summed E-state index contributed by atoms with van der Waals surface area (Å²) in [6.07, 6.45) is 1.78. The number of rotatable bonds is 7. The minimum Gasteiger partial charge on any atom is -0.324 e. The number of nitrogens with one attached hydrogen (secondary N) is 1. The summed E-state index contributed by atoms with van der Waals surface area (Å²) >= 11 is 14.8. The number of anilines is 1. The first-order chi connectivity index (χ1) is 12.6. The maximum atomic E-state index is 12.2. The van der Waals surface area contributed by atoms with Crippen LogP contribution < -0.4 is 5.32 Å². The zero-order valence-corrected chi connectivity index (χ0v) is 16.6. The largest absolute Gasteiger partial charge is 0.324 e. The van der Waals surface area contributed by atoms with Gasteiger partial charge in [0.05, 0.1) is 21.3 Å². The van der Waals surface area contributed by atoms with Gasteiger partial charge in [-0.05, 0) is 29.6 Å². The molecule has 134 valence electrons. The van der Waals surface area contributed by atoms with Gasteiger partial charge in [-0.2, -0.15) is 0 Å². The Bertz CT molecular complexity index is 925. The molecule has 0 saturated heterocycles. The van der Waals surface area contributed by atoms with Crippen LogP contribution in [0.25, 0.3) is 10.7 Å². The van der Waals surface area contributed by atoms with E-state index in [-0.39, 0.29) is 11.7 Å². The van der Waals surface area contributed by atoms with Crippen molar-refractivity contribution in [3.05, 3.63) is 58.4 Å². The van der Waals surface area contributed by atoms with E-state index in [1.165, 1.54) is 11.8 Å². The molecule has 1 amide bonds. The summed E-state index contributed by atoms with van der Waals surface area (Å²) in [6.45, 7) is 4.34. The lowest BCUT2D eigenvalue weighted by Crippen LogP contribution is -2.15. The van der Waals surface area contributed by atoms with Gasteiger partial charge in [-0.15, -0.1) is 28.1 Å². The third-order valence-corrected chi connectivity index (χ3v) is 5.69. The highest BCUT2D eigenvalue weighted by Crippen LogP contribution is 2.28. The lowest BCUT2D eigenvalue weighted by atomic mass is 10.3. The number of halogens is 2. The van der Waals surface area contributed by atoms with Crippen LogP contribution in [0.2, 0.25) is 10.0 Å². The molecule has 1 N–H and O–H groups in total. The van der Waals surface area contributed by atoms with Crippen molar-refractivity contribution in [2.24, 2.45) is 0 Å². The van der Waals surface area contributed by atoms with Crippen LogP contribution in [0.3, 0.4) is 0 Å². The molecule has 3 rings (SSSR count). The smallest absolute Gasteiger partial charge is 0.234 e. The van der Waals surface area contributed by atoms with Gasteiger partial charge in [0.2, 0.25) is 5.91 Å². The first kappa shape index (κ1) is 19.0. The van der Waals surface area contributed by atoms with Gasteiger partial charge >= 0.3 is 0 Å². The third-order valence-electron chi connectivity index (χ3n) is 3.31. The summed E-state index contributed by atoms with van der Waals surface area (Å²) in [7, 11) is 0. The van der Waals surface area contributed by atoms with Crippen LogP contribution in [0.15, 0.2) is 53.5 Å². The zero-order chi connectivity index (χ0) is 18.5. The molecular formula is C17H14Cl2N4OS2. The second kappa shape index (κ2) is 8.73. The van der Waals surface area contributed by atoms with Crippen molar-refractivity contribution in [3.8, 4) is 10.7 Å². The van der Waals surface area contributed by atoms with Gasteiger partial charge in [0.15, 0.2) is 11.0 Å². The first-order valence-corrected chi connectivity index (χ1v) is 10.2. The van der Waals surface area contributed by atoms with E-state index in [1.807, 2.05) is 22.1 Å². The number of amides is 1. The van der Waals surface area contributed by atoms with Crippen LogP contribution in [0.4, 0.5) is 5.69 Å². The zero-order valence-electron chi connectivity index (χ0n) is 13.5. The summed E-state index contributed by atoms with van der Waals surface area (Å²) in [5.74, 6) is 0.757. The Morgan fingerprint density at radius 1 is 1.35 bits per heavy atom. The summed E-state index contributed by atoms with van der Waals surface area (Å²) in [4.78, 5) is 13.2. The number of allylic oxidation sites excluding steroid dienone is 1. The highest BCUT2D eigenvalue weighted by Gasteiger charge is 2.16. The molecule has 2 heterocycles. The van der Waals surface area contributed by atoms with Gasteiger partial charge in [0.25, 0.3) is 0 Å². The summed E-state index contributed by atoms with van der Waals surface area (Å²) < 4.78 is 1.94. The Balaban J connectivity index is 1.69. The van der Waals surface area contributed by atoms with Crippen LogP contribution in [0, 0.1) is 0 Å². The fourth-order valence-corrected chi connectivity index (χ4v) is 4.11. The number of benzene rings is 1. The van der Waals surface area contributed by atoms with Gasteiger partial charge in [-0.3, -0.25) is 9.36 Å². The van der Waals surface area contributed by atoms with Crippen LogP contribution in [-0.4, -0.2) is 26.4 Å². The monoisotopic (exact) mass is 424 g/mol. The number of aromatic nitrogens is 3. The van der Waals surface area contributed by atoms with Crippen molar-refractivity contribution in [2.45, 2.75) is 11.7 Å². The Kier molecular flexibility index (Phi) is 6.37. The number of hydrogen-bond acceptors (Lipinski definition) is 5. The molecule has 0 fully saturated rings. The standard InChI is InChI=1S/C17H14Cl2N4OS2/c1-2-7-23-16(14-4-3-8-25-14)21-22-17(23)26-10-15(24)20-13-6-5-11(18)9-12(13)19/h2-6,8-9H,1,7,10H2,(H,20,24). The number of thiophene rings is 1. The van der Waals surface area contributed by atoms with Crippen molar-refractivity contribution in [3.63, 3.8) is 0 Å². The predicted molar refractivity (Wildman–Crippen MR) is 109 cm³/mol. The molecule has 0 unspecified atom stereocenters. The van der Waals surface area contributed by atoms with E-state index in [2.05, 4.69) is 22.1 Å². The molecule has 3 aromatic rings. The Morgan fingerprint density at radius 2 is 2.19 bits per heavy atom. The molecule has 0 aliphatic carbocycles. The number of hydrogen-bond donors (Lipinski definition) is 1. The van der Waals surface area contributed by atoms with E-state index >= 15 is 0 Å². The lowest BCUT2D eigenvalue weighted by molar-refractivity contribution is -0.113. The fourth-order valence-electron chi connectivity index (χ4n) is 2.18. The second-order valence-corrected chi connectivity index (χ2v) is 7.88. The molecular weight excluding hydrogens is 411 g/mol. The summed E-state index contributed by atoms with van der Waals surface area (Å²) in [5.41, 5.74) is 0.522. The molecule has 9 heteroatoms. The minimum atomic E-state index is -0.190. The van der Waals surface area contributed by atoms with E-state index in [1.54, 1.807) is 35.6 Å². The molecule has 2 aromatic heterocycles. The van der Waals surface area contributed by atoms with Gasteiger partial charge in [0, 0.05) is 11.6 Å². The van der Waals surface area contributed by atoms with Crippen molar-refractivity contribution in [1.29, 1.82) is 0 Å². The average Bonchev–Trinajstić information content (AvgIpc) is 3.26. The van der Waals surface area contributed by atoms with Crippen LogP contribution in [0.1, 0.15) is 0 Å². The molecule has 26 heavy (non-hydrogen) atoms. The number of nitrogens with zero attached hydrogens (tertiary/aromatic N) is 3. The van der Waals surface area contributed by atoms with Crippen LogP contribution >= 0.6 is 46.3 Å². The van der Waals surface area contributed by atoms with Crippen LogP contribution in [0.5, 0.6) is 0 Å². The van der Waals surface area contributed by atoms with E-state index in [9.17, 15) is 4.79 Å². The van der Waals surface area contributed by atoms with Crippen molar-refractivity contribution >= 4 is 57.9 Å². The molecule has 0 spiro atoms. The SMILES string of the molecule is C=CCn1c(SCC(=O)Nc2ccc(Cl)cc2Cl)nnc1-c1cccs1. The predicted octanol–water partition coefficient (Wildman–Crippen LogP) is 5.23. The summed E-state index contributed by atoms with van der Waals surface area (Å²) in [5, 5.41) is 14.8. The van der Waals surface area contributed by atoms with Crippen molar-refractivity contribution < 1.29 is 4.79 Å².